The first-order valence-corrected chi connectivity index (χ1v) is 8.83. The number of hydrogen-bond donors (Lipinski definition) is 1. The number of hydrogen-bond acceptors (Lipinski definition) is 7. The highest BCUT2D eigenvalue weighted by Crippen LogP contribution is 2.25. The van der Waals surface area contributed by atoms with Gasteiger partial charge in [0.1, 0.15) is 11.4 Å². The minimum atomic E-state index is -0.469. The molecular formula is C16H15BrClN5O3. The fourth-order valence-electron chi connectivity index (χ4n) is 2.32. The third kappa shape index (κ3) is 3.73. The van der Waals surface area contributed by atoms with Crippen molar-refractivity contribution in [2.45, 2.75) is 13.5 Å². The molecule has 136 valence electrons. The van der Waals surface area contributed by atoms with Crippen LogP contribution < -0.4 is 10.1 Å². The molecule has 0 amide bonds. The summed E-state index contributed by atoms with van der Waals surface area (Å²) in [5, 5.41) is 7.82. The van der Waals surface area contributed by atoms with Crippen molar-refractivity contribution < 1.29 is 14.3 Å². The third-order valence-corrected chi connectivity index (χ3v) is 4.26. The fraction of sp³-hybridized carbons (Fsp3) is 0.250. The summed E-state index contributed by atoms with van der Waals surface area (Å²) in [5.74, 6) is 0.533. The maximum atomic E-state index is 12.0. The number of nitrogens with one attached hydrogen (secondary N) is 1. The Labute approximate surface area is 162 Å². The van der Waals surface area contributed by atoms with Crippen LogP contribution in [0, 0.1) is 0 Å². The lowest BCUT2D eigenvalue weighted by atomic mass is 10.2. The van der Waals surface area contributed by atoms with Crippen LogP contribution in [0.4, 0.5) is 5.82 Å². The average Bonchev–Trinajstić information content (AvgIpc) is 3.02. The molecular weight excluding hydrogens is 426 g/mol. The van der Waals surface area contributed by atoms with Crippen LogP contribution in [0.2, 0.25) is 5.02 Å². The first kappa shape index (κ1) is 18.4. The number of ether oxygens (including phenoxy) is 2. The van der Waals surface area contributed by atoms with Gasteiger partial charge in [0.15, 0.2) is 5.65 Å². The Morgan fingerprint density at radius 3 is 2.96 bits per heavy atom. The summed E-state index contributed by atoms with van der Waals surface area (Å²) >= 11 is 9.45. The molecule has 0 atom stereocenters. The molecule has 0 aliphatic carbocycles. The molecule has 3 aromatic rings. The number of methoxy groups -OCH3 is 1. The largest absolute Gasteiger partial charge is 0.481 e. The predicted octanol–water partition coefficient (Wildman–Crippen LogP) is 3.34. The molecule has 0 fully saturated rings. The van der Waals surface area contributed by atoms with Crippen LogP contribution in [0.5, 0.6) is 5.88 Å². The monoisotopic (exact) mass is 439 g/mol. The van der Waals surface area contributed by atoms with Crippen molar-refractivity contribution in [3.63, 3.8) is 0 Å². The summed E-state index contributed by atoms with van der Waals surface area (Å²) in [5.41, 5.74) is 1.46. The van der Waals surface area contributed by atoms with Gasteiger partial charge in [0.25, 0.3) is 0 Å². The molecule has 0 spiro atoms. The van der Waals surface area contributed by atoms with Crippen molar-refractivity contribution in [2.75, 3.05) is 19.0 Å². The quantitative estimate of drug-likeness (QED) is 0.588. The second kappa shape index (κ2) is 7.88. The van der Waals surface area contributed by atoms with Crippen LogP contribution in [0.25, 0.3) is 5.65 Å². The highest BCUT2D eigenvalue weighted by Gasteiger charge is 2.17. The number of rotatable bonds is 6. The van der Waals surface area contributed by atoms with Gasteiger partial charge >= 0.3 is 5.97 Å². The van der Waals surface area contributed by atoms with E-state index < -0.39 is 5.97 Å². The molecule has 0 unspecified atom stereocenters. The van der Waals surface area contributed by atoms with Gasteiger partial charge in [-0.25, -0.2) is 19.3 Å². The summed E-state index contributed by atoms with van der Waals surface area (Å²) in [4.78, 5) is 20.6. The van der Waals surface area contributed by atoms with E-state index >= 15 is 0 Å². The Bertz CT molecular complexity index is 962. The van der Waals surface area contributed by atoms with Crippen LogP contribution in [0.3, 0.4) is 0 Å². The maximum absolute atomic E-state index is 12.0. The number of nitrogens with zero attached hydrogens (tertiary/aromatic N) is 4. The lowest BCUT2D eigenvalue weighted by Crippen LogP contribution is -2.08. The number of carbonyl (C=O) groups is 1. The lowest BCUT2D eigenvalue weighted by molar-refractivity contribution is 0.0528. The van der Waals surface area contributed by atoms with E-state index in [9.17, 15) is 4.79 Å². The lowest BCUT2D eigenvalue weighted by Gasteiger charge is -2.11. The number of anilines is 1. The molecule has 8 nitrogen and oxygen atoms in total. The van der Waals surface area contributed by atoms with Gasteiger partial charge in [0.2, 0.25) is 5.88 Å². The molecule has 1 N–H and O–H groups in total. The molecule has 0 radical (unpaired) electrons. The molecule has 10 heteroatoms. The summed E-state index contributed by atoms with van der Waals surface area (Å²) < 4.78 is 12.5. The zero-order valence-corrected chi connectivity index (χ0v) is 16.3. The molecule has 26 heavy (non-hydrogen) atoms. The summed E-state index contributed by atoms with van der Waals surface area (Å²) in [6, 6.07) is 1.76. The van der Waals surface area contributed by atoms with E-state index in [1.807, 2.05) is 0 Å². The van der Waals surface area contributed by atoms with Crippen LogP contribution in [0.15, 0.2) is 29.1 Å². The van der Waals surface area contributed by atoms with Crippen molar-refractivity contribution in [3.05, 3.63) is 45.3 Å². The number of pyridine rings is 1. The van der Waals surface area contributed by atoms with Crippen LogP contribution in [-0.4, -0.2) is 39.3 Å². The van der Waals surface area contributed by atoms with E-state index in [2.05, 4.69) is 36.3 Å². The van der Waals surface area contributed by atoms with Crippen molar-refractivity contribution in [1.82, 2.24) is 19.6 Å². The fourth-order valence-corrected chi connectivity index (χ4v) is 2.93. The predicted molar refractivity (Wildman–Crippen MR) is 99.8 cm³/mol. The third-order valence-electron chi connectivity index (χ3n) is 3.48. The Morgan fingerprint density at radius 2 is 2.23 bits per heavy atom. The first-order chi connectivity index (χ1) is 12.5. The molecule has 0 aliphatic rings. The van der Waals surface area contributed by atoms with Crippen molar-refractivity contribution >= 4 is 45.0 Å². The highest BCUT2D eigenvalue weighted by molar-refractivity contribution is 9.10. The summed E-state index contributed by atoms with van der Waals surface area (Å²) in [7, 11) is 1.54. The normalized spacial score (nSPS) is 10.8. The van der Waals surface area contributed by atoms with Gasteiger partial charge < -0.3 is 14.8 Å². The topological polar surface area (TPSA) is 90.6 Å². The Balaban J connectivity index is 1.90. The standard InChI is InChI=1S/C16H15BrClN5O3/c1-3-26-16(24)11-7-21-23-8-12(17)13(22-14(11)23)19-5-9-4-10(18)6-20-15(9)25-2/h4,6-8H,3,5H2,1-2H3,(H,19,22). The molecule has 0 aromatic carbocycles. The molecule has 3 aromatic heterocycles. The number of esters is 1. The van der Waals surface area contributed by atoms with Crippen LogP contribution in [-0.2, 0) is 11.3 Å². The maximum Gasteiger partial charge on any atom is 0.343 e. The van der Waals surface area contributed by atoms with Gasteiger partial charge in [-0.2, -0.15) is 5.10 Å². The van der Waals surface area contributed by atoms with Crippen molar-refractivity contribution in [2.24, 2.45) is 0 Å². The molecule has 0 bridgehead atoms. The molecule has 3 rings (SSSR count). The number of halogens is 2. The zero-order chi connectivity index (χ0) is 18.7. The van der Waals surface area contributed by atoms with Crippen LogP contribution in [0.1, 0.15) is 22.8 Å². The van der Waals surface area contributed by atoms with E-state index in [1.165, 1.54) is 24.0 Å². The van der Waals surface area contributed by atoms with E-state index in [1.54, 1.807) is 19.2 Å². The van der Waals surface area contributed by atoms with Gasteiger partial charge in [-0.15, -0.1) is 0 Å². The van der Waals surface area contributed by atoms with Gasteiger partial charge in [-0.05, 0) is 28.9 Å². The highest BCUT2D eigenvalue weighted by atomic mass is 79.9. The smallest absolute Gasteiger partial charge is 0.343 e. The Kier molecular flexibility index (Phi) is 5.58. The van der Waals surface area contributed by atoms with E-state index in [-0.39, 0.29) is 6.61 Å². The van der Waals surface area contributed by atoms with Gasteiger partial charge in [-0.3, -0.25) is 0 Å². The SMILES string of the molecule is CCOC(=O)c1cnn2cc(Br)c(NCc3cc(Cl)cnc3OC)nc12. The summed E-state index contributed by atoms with van der Waals surface area (Å²) in [6.45, 7) is 2.40. The average molecular weight is 441 g/mol. The minimum absolute atomic E-state index is 0.277. The van der Waals surface area contributed by atoms with Gasteiger partial charge in [-0.1, -0.05) is 11.6 Å². The zero-order valence-electron chi connectivity index (χ0n) is 14.0. The minimum Gasteiger partial charge on any atom is -0.481 e. The van der Waals surface area contributed by atoms with Crippen LogP contribution >= 0.6 is 27.5 Å². The summed E-state index contributed by atoms with van der Waals surface area (Å²) in [6.07, 6.45) is 4.66. The Hall–Kier alpha value is -2.39. The Morgan fingerprint density at radius 1 is 1.42 bits per heavy atom. The molecule has 0 saturated carbocycles. The molecule has 0 aliphatic heterocycles. The number of fused-ring (bicyclic) bond motifs is 1. The van der Waals surface area contributed by atoms with Crippen molar-refractivity contribution in [3.8, 4) is 5.88 Å². The second-order valence-corrected chi connectivity index (χ2v) is 6.45. The number of aromatic nitrogens is 4. The van der Waals surface area contributed by atoms with E-state index in [4.69, 9.17) is 21.1 Å². The van der Waals surface area contributed by atoms with Gasteiger partial charge in [0, 0.05) is 24.5 Å². The van der Waals surface area contributed by atoms with E-state index in [0.29, 0.717) is 38.9 Å². The molecule has 3 heterocycles. The van der Waals surface area contributed by atoms with Gasteiger partial charge in [0.05, 0.1) is 29.4 Å². The van der Waals surface area contributed by atoms with Crippen molar-refractivity contribution in [1.29, 1.82) is 0 Å². The molecule has 0 saturated heterocycles. The van der Waals surface area contributed by atoms with E-state index in [0.717, 1.165) is 5.56 Å². The number of carbonyl (C=O) groups excluding carboxylic acids is 1. The first-order valence-electron chi connectivity index (χ1n) is 7.66. The second-order valence-electron chi connectivity index (χ2n) is 5.16.